The highest BCUT2D eigenvalue weighted by atomic mass is 35.5. The van der Waals surface area contributed by atoms with E-state index >= 15 is 0 Å². The molecule has 0 amide bonds. The van der Waals surface area contributed by atoms with Crippen LogP contribution in [-0.2, 0) is 4.74 Å². The van der Waals surface area contributed by atoms with Crippen LogP contribution < -0.4 is 4.74 Å². The molecule has 0 N–H and O–H groups in total. The lowest BCUT2D eigenvalue weighted by Crippen LogP contribution is -2.07. The van der Waals surface area contributed by atoms with E-state index in [2.05, 4.69) is 0 Å². The topological polar surface area (TPSA) is 18.5 Å². The number of hydrogen-bond acceptors (Lipinski definition) is 2. The van der Waals surface area contributed by atoms with Crippen molar-refractivity contribution in [2.24, 2.45) is 5.92 Å². The Morgan fingerprint density at radius 1 is 1.00 bits per heavy atom. The first-order valence-electron chi connectivity index (χ1n) is 6.87. The average Bonchev–Trinajstić information content (AvgIpc) is 3.03. The minimum absolute atomic E-state index is 0.0169. The molecule has 1 saturated heterocycles. The zero-order chi connectivity index (χ0) is 13.8. The summed E-state index contributed by atoms with van der Waals surface area (Å²) in [5.41, 5.74) is 1.13. The molecule has 2 unspecified atom stereocenters. The number of halogens is 1. The lowest BCUT2D eigenvalue weighted by atomic mass is 9.98. The number of para-hydroxylation sites is 1. The van der Waals surface area contributed by atoms with Gasteiger partial charge in [-0.1, -0.05) is 30.3 Å². The number of benzene rings is 2. The van der Waals surface area contributed by atoms with Crippen LogP contribution in [0.2, 0.25) is 0 Å². The summed E-state index contributed by atoms with van der Waals surface area (Å²) in [6.07, 6.45) is 1.04. The van der Waals surface area contributed by atoms with E-state index in [4.69, 9.17) is 21.1 Å². The van der Waals surface area contributed by atoms with Gasteiger partial charge in [-0.2, -0.15) is 0 Å². The van der Waals surface area contributed by atoms with Gasteiger partial charge in [0.1, 0.15) is 11.5 Å². The Kier molecular flexibility index (Phi) is 4.24. The van der Waals surface area contributed by atoms with E-state index in [-0.39, 0.29) is 5.38 Å². The van der Waals surface area contributed by atoms with Gasteiger partial charge in [-0.05, 0) is 36.2 Å². The summed E-state index contributed by atoms with van der Waals surface area (Å²) >= 11 is 6.50. The second-order valence-corrected chi connectivity index (χ2v) is 5.48. The fourth-order valence-corrected chi connectivity index (χ4v) is 2.74. The number of rotatable bonds is 4. The summed E-state index contributed by atoms with van der Waals surface area (Å²) < 4.78 is 11.2. The van der Waals surface area contributed by atoms with E-state index in [0.717, 1.165) is 36.7 Å². The van der Waals surface area contributed by atoms with Gasteiger partial charge in [-0.3, -0.25) is 0 Å². The monoisotopic (exact) mass is 288 g/mol. The van der Waals surface area contributed by atoms with Crippen molar-refractivity contribution in [3.8, 4) is 11.5 Å². The highest BCUT2D eigenvalue weighted by Crippen LogP contribution is 2.35. The first-order valence-corrected chi connectivity index (χ1v) is 7.31. The maximum absolute atomic E-state index is 6.50. The fourth-order valence-electron chi connectivity index (χ4n) is 2.40. The maximum Gasteiger partial charge on any atom is 0.127 e. The van der Waals surface area contributed by atoms with Gasteiger partial charge >= 0.3 is 0 Å². The van der Waals surface area contributed by atoms with Gasteiger partial charge in [0.15, 0.2) is 0 Å². The third-order valence-electron chi connectivity index (χ3n) is 3.56. The molecule has 3 rings (SSSR count). The van der Waals surface area contributed by atoms with Crippen molar-refractivity contribution in [2.75, 3.05) is 13.2 Å². The molecule has 0 spiro atoms. The number of ether oxygens (including phenoxy) is 2. The molecular weight excluding hydrogens is 272 g/mol. The van der Waals surface area contributed by atoms with E-state index < -0.39 is 0 Å². The second kappa shape index (κ2) is 6.29. The summed E-state index contributed by atoms with van der Waals surface area (Å²) in [5.74, 6) is 2.08. The molecule has 2 aromatic rings. The predicted molar refractivity (Wildman–Crippen MR) is 80.5 cm³/mol. The maximum atomic E-state index is 6.50. The van der Waals surface area contributed by atoms with Gasteiger partial charge in [0, 0.05) is 12.5 Å². The SMILES string of the molecule is ClC(c1ccc(Oc2ccccc2)cc1)C1CCOC1. The van der Waals surface area contributed by atoms with E-state index in [1.165, 1.54) is 0 Å². The van der Waals surface area contributed by atoms with Gasteiger partial charge in [0.2, 0.25) is 0 Å². The first kappa shape index (κ1) is 13.5. The molecule has 1 heterocycles. The van der Waals surface area contributed by atoms with E-state index in [1.807, 2.05) is 54.6 Å². The summed E-state index contributed by atoms with van der Waals surface area (Å²) in [6.45, 7) is 1.58. The minimum Gasteiger partial charge on any atom is -0.457 e. The Bertz CT molecular complexity index is 533. The zero-order valence-corrected chi connectivity index (χ0v) is 11.9. The van der Waals surface area contributed by atoms with E-state index in [0.29, 0.717) is 5.92 Å². The minimum atomic E-state index is 0.0169. The highest BCUT2D eigenvalue weighted by molar-refractivity contribution is 6.21. The molecule has 0 aromatic heterocycles. The summed E-state index contributed by atoms with van der Waals surface area (Å²) in [4.78, 5) is 0. The Hall–Kier alpha value is -1.51. The standard InChI is InChI=1S/C17H17ClO2/c18-17(14-10-11-19-12-14)13-6-8-16(9-7-13)20-15-4-2-1-3-5-15/h1-9,14,17H,10-12H2. The van der Waals surface area contributed by atoms with Crippen LogP contribution in [0.4, 0.5) is 0 Å². The normalized spacial score (nSPS) is 19.8. The summed E-state index contributed by atoms with van der Waals surface area (Å²) in [7, 11) is 0. The smallest absolute Gasteiger partial charge is 0.127 e. The van der Waals surface area contributed by atoms with Gasteiger partial charge in [0.05, 0.1) is 12.0 Å². The van der Waals surface area contributed by atoms with Crippen LogP contribution in [0.3, 0.4) is 0 Å². The van der Waals surface area contributed by atoms with Crippen LogP contribution in [0.5, 0.6) is 11.5 Å². The second-order valence-electron chi connectivity index (χ2n) is 5.01. The Morgan fingerprint density at radius 2 is 1.70 bits per heavy atom. The third-order valence-corrected chi connectivity index (χ3v) is 4.16. The number of hydrogen-bond donors (Lipinski definition) is 0. The van der Waals surface area contributed by atoms with Crippen molar-refractivity contribution in [2.45, 2.75) is 11.8 Å². The zero-order valence-electron chi connectivity index (χ0n) is 11.2. The van der Waals surface area contributed by atoms with Crippen molar-refractivity contribution in [3.05, 3.63) is 60.2 Å². The quantitative estimate of drug-likeness (QED) is 0.753. The van der Waals surface area contributed by atoms with Crippen LogP contribution in [0.15, 0.2) is 54.6 Å². The highest BCUT2D eigenvalue weighted by Gasteiger charge is 2.25. The molecule has 0 radical (unpaired) electrons. The van der Waals surface area contributed by atoms with Crippen molar-refractivity contribution in [3.63, 3.8) is 0 Å². The molecule has 104 valence electrons. The van der Waals surface area contributed by atoms with Crippen molar-refractivity contribution in [1.82, 2.24) is 0 Å². The predicted octanol–water partition coefficient (Wildman–Crippen LogP) is 4.80. The Labute approximate surface area is 124 Å². The van der Waals surface area contributed by atoms with Crippen molar-refractivity contribution < 1.29 is 9.47 Å². The molecule has 1 aliphatic rings. The fraction of sp³-hybridized carbons (Fsp3) is 0.294. The molecule has 3 heteroatoms. The lowest BCUT2D eigenvalue weighted by molar-refractivity contribution is 0.185. The Balaban J connectivity index is 1.68. The van der Waals surface area contributed by atoms with Gasteiger partial charge in [0.25, 0.3) is 0 Å². The average molecular weight is 289 g/mol. The Morgan fingerprint density at radius 3 is 2.35 bits per heavy atom. The summed E-state index contributed by atoms with van der Waals surface area (Å²) in [5, 5.41) is 0.0169. The van der Waals surface area contributed by atoms with Crippen molar-refractivity contribution >= 4 is 11.6 Å². The molecule has 2 atom stereocenters. The van der Waals surface area contributed by atoms with Crippen LogP contribution in [0.25, 0.3) is 0 Å². The van der Waals surface area contributed by atoms with E-state index in [1.54, 1.807) is 0 Å². The van der Waals surface area contributed by atoms with Gasteiger partial charge in [-0.15, -0.1) is 11.6 Å². The first-order chi connectivity index (χ1) is 9.83. The van der Waals surface area contributed by atoms with Crippen LogP contribution in [-0.4, -0.2) is 13.2 Å². The van der Waals surface area contributed by atoms with Gasteiger partial charge in [-0.25, -0.2) is 0 Å². The molecule has 2 nitrogen and oxygen atoms in total. The van der Waals surface area contributed by atoms with E-state index in [9.17, 15) is 0 Å². The van der Waals surface area contributed by atoms with Crippen LogP contribution in [0.1, 0.15) is 17.4 Å². The van der Waals surface area contributed by atoms with Gasteiger partial charge < -0.3 is 9.47 Å². The molecule has 0 bridgehead atoms. The summed E-state index contributed by atoms with van der Waals surface area (Å²) in [6, 6.07) is 17.8. The molecule has 1 aliphatic heterocycles. The number of alkyl halides is 1. The van der Waals surface area contributed by atoms with Crippen LogP contribution >= 0.6 is 11.6 Å². The molecule has 0 aliphatic carbocycles. The molecule has 0 saturated carbocycles. The third kappa shape index (κ3) is 3.14. The van der Waals surface area contributed by atoms with Crippen LogP contribution in [0, 0.1) is 5.92 Å². The van der Waals surface area contributed by atoms with Crippen molar-refractivity contribution in [1.29, 1.82) is 0 Å². The molecule has 2 aromatic carbocycles. The largest absolute Gasteiger partial charge is 0.457 e. The molecular formula is C17H17ClO2. The molecule has 20 heavy (non-hydrogen) atoms. The molecule has 1 fully saturated rings. The lowest BCUT2D eigenvalue weighted by Gasteiger charge is -2.16.